The summed E-state index contributed by atoms with van der Waals surface area (Å²) >= 11 is 8.71. The maximum Gasteiger partial charge on any atom is 0.266 e. The molecule has 0 saturated carbocycles. The fourth-order valence-corrected chi connectivity index (χ4v) is 5.76. The number of amides is 1. The minimum absolute atomic E-state index is 0.0723. The highest BCUT2D eigenvalue weighted by molar-refractivity contribution is 8.26. The molecule has 0 radical (unpaired) electrons. The third-order valence-corrected chi connectivity index (χ3v) is 7.82. The molecule has 2 heterocycles. The Morgan fingerprint density at radius 1 is 0.971 bits per heavy atom. The molecule has 0 aliphatic carbocycles. The summed E-state index contributed by atoms with van der Waals surface area (Å²) < 4.78 is 2.43. The molecule has 0 unspecified atom stereocenters. The molecule has 0 spiro atoms. The van der Waals surface area contributed by atoms with Crippen molar-refractivity contribution in [3.05, 3.63) is 107 Å². The Hall–Kier alpha value is -3.13. The van der Waals surface area contributed by atoms with Crippen molar-refractivity contribution in [2.45, 2.75) is 18.4 Å². The average Bonchev–Trinajstić information content (AvgIpc) is 3.42. The molecule has 0 N–H and O–H groups in total. The van der Waals surface area contributed by atoms with Gasteiger partial charge in [-0.2, -0.15) is 5.10 Å². The number of carbonyl (C=O) groups excluding carboxylic acids is 1. The molecule has 35 heavy (non-hydrogen) atoms. The number of rotatable bonds is 7. The zero-order chi connectivity index (χ0) is 24.2. The second-order valence-corrected chi connectivity index (χ2v) is 10.9. The minimum Gasteiger partial charge on any atom is -0.288 e. The van der Waals surface area contributed by atoms with E-state index in [-0.39, 0.29) is 5.91 Å². The second-order valence-electron chi connectivity index (χ2n) is 7.92. The standard InChI is InChI=1S/C28H23N3OS3/c1-2-34-24-15-13-21(14-16-24)26-22(19-31(29-26)23-11-7-4-8-12-23)17-25-27(32)30(28(33)35-25)18-20-9-5-3-6-10-20/h3-17,19H,2,18H2,1H3. The summed E-state index contributed by atoms with van der Waals surface area (Å²) in [7, 11) is 0. The van der Waals surface area contributed by atoms with Crippen LogP contribution >= 0.6 is 35.7 Å². The Bertz CT molecular complexity index is 1380. The van der Waals surface area contributed by atoms with Crippen LogP contribution in [0.1, 0.15) is 18.1 Å². The lowest BCUT2D eigenvalue weighted by molar-refractivity contribution is -0.122. The predicted molar refractivity (Wildman–Crippen MR) is 151 cm³/mol. The molecule has 1 saturated heterocycles. The first-order chi connectivity index (χ1) is 17.1. The molecule has 3 aromatic carbocycles. The molecule has 7 heteroatoms. The maximum atomic E-state index is 13.3. The smallest absolute Gasteiger partial charge is 0.266 e. The van der Waals surface area contributed by atoms with E-state index in [0.717, 1.165) is 33.8 Å². The molecule has 174 valence electrons. The van der Waals surface area contributed by atoms with E-state index in [1.54, 1.807) is 4.90 Å². The van der Waals surface area contributed by atoms with Gasteiger partial charge in [0.1, 0.15) is 4.32 Å². The van der Waals surface area contributed by atoms with Gasteiger partial charge in [0, 0.05) is 22.2 Å². The lowest BCUT2D eigenvalue weighted by Gasteiger charge is -2.14. The summed E-state index contributed by atoms with van der Waals surface area (Å²) in [4.78, 5) is 16.8. The van der Waals surface area contributed by atoms with Crippen molar-refractivity contribution in [3.8, 4) is 16.9 Å². The van der Waals surface area contributed by atoms with Crippen LogP contribution in [0.5, 0.6) is 0 Å². The summed E-state index contributed by atoms with van der Waals surface area (Å²) in [6.45, 7) is 2.61. The van der Waals surface area contributed by atoms with Crippen LogP contribution in [0.2, 0.25) is 0 Å². The van der Waals surface area contributed by atoms with Crippen LogP contribution in [0, 0.1) is 0 Å². The van der Waals surface area contributed by atoms with Gasteiger partial charge >= 0.3 is 0 Å². The number of thioether (sulfide) groups is 2. The molecule has 5 rings (SSSR count). The van der Waals surface area contributed by atoms with Crippen LogP contribution in [0.3, 0.4) is 0 Å². The van der Waals surface area contributed by atoms with Gasteiger partial charge in [-0.3, -0.25) is 9.69 Å². The second kappa shape index (κ2) is 10.6. The van der Waals surface area contributed by atoms with Crippen LogP contribution in [0.4, 0.5) is 0 Å². The van der Waals surface area contributed by atoms with Gasteiger partial charge < -0.3 is 0 Å². The fraction of sp³-hybridized carbons (Fsp3) is 0.107. The molecule has 1 amide bonds. The number of thiocarbonyl (C=S) groups is 1. The third kappa shape index (κ3) is 5.27. The molecule has 1 aliphatic rings. The van der Waals surface area contributed by atoms with Gasteiger partial charge in [-0.15, -0.1) is 11.8 Å². The van der Waals surface area contributed by atoms with Crippen molar-refractivity contribution >= 4 is 52.0 Å². The van der Waals surface area contributed by atoms with Crippen LogP contribution in [0.25, 0.3) is 23.0 Å². The van der Waals surface area contributed by atoms with E-state index in [9.17, 15) is 4.79 Å². The lowest BCUT2D eigenvalue weighted by atomic mass is 10.1. The van der Waals surface area contributed by atoms with E-state index in [0.29, 0.717) is 15.8 Å². The molecule has 0 atom stereocenters. The molecule has 0 bridgehead atoms. The Morgan fingerprint density at radius 2 is 1.66 bits per heavy atom. The normalized spacial score (nSPS) is 14.8. The van der Waals surface area contributed by atoms with Gasteiger partial charge in [0.15, 0.2) is 0 Å². The predicted octanol–water partition coefficient (Wildman–Crippen LogP) is 7.05. The first kappa shape index (κ1) is 23.6. The van der Waals surface area contributed by atoms with Crippen molar-refractivity contribution in [2.75, 3.05) is 5.75 Å². The molecular weight excluding hydrogens is 491 g/mol. The fourth-order valence-electron chi connectivity index (χ4n) is 3.85. The summed E-state index contributed by atoms with van der Waals surface area (Å²) in [6, 6.07) is 28.3. The topological polar surface area (TPSA) is 38.1 Å². The van der Waals surface area contributed by atoms with Gasteiger partial charge in [0.2, 0.25) is 0 Å². The number of benzene rings is 3. The van der Waals surface area contributed by atoms with E-state index in [2.05, 4.69) is 31.2 Å². The first-order valence-electron chi connectivity index (χ1n) is 11.3. The van der Waals surface area contributed by atoms with E-state index in [4.69, 9.17) is 17.3 Å². The van der Waals surface area contributed by atoms with Gasteiger partial charge in [0.05, 0.1) is 22.8 Å². The molecule has 1 aliphatic heterocycles. The lowest BCUT2D eigenvalue weighted by Crippen LogP contribution is -2.27. The maximum absolute atomic E-state index is 13.3. The Labute approximate surface area is 219 Å². The molecular formula is C28H23N3OS3. The number of carbonyl (C=O) groups is 1. The summed E-state index contributed by atoms with van der Waals surface area (Å²) in [5, 5.41) is 4.90. The van der Waals surface area contributed by atoms with Crippen LogP contribution < -0.4 is 0 Å². The van der Waals surface area contributed by atoms with Gasteiger partial charge in [-0.05, 0) is 41.7 Å². The SMILES string of the molecule is CCSc1ccc(-c2nn(-c3ccccc3)cc2C=C2SC(=S)N(Cc3ccccc3)C2=O)cc1. The summed E-state index contributed by atoms with van der Waals surface area (Å²) in [5.41, 5.74) is 4.72. The first-order valence-corrected chi connectivity index (χ1v) is 13.5. The molecule has 1 aromatic heterocycles. The summed E-state index contributed by atoms with van der Waals surface area (Å²) in [6.07, 6.45) is 3.89. The van der Waals surface area contributed by atoms with Crippen LogP contribution in [0.15, 0.2) is 101 Å². The van der Waals surface area contributed by atoms with Crippen molar-refractivity contribution in [1.29, 1.82) is 0 Å². The van der Waals surface area contributed by atoms with Crippen molar-refractivity contribution < 1.29 is 4.79 Å². The zero-order valence-corrected chi connectivity index (χ0v) is 21.6. The molecule has 1 fully saturated rings. The number of para-hydroxylation sites is 1. The van der Waals surface area contributed by atoms with Crippen LogP contribution in [-0.2, 0) is 11.3 Å². The minimum atomic E-state index is -0.0723. The number of nitrogens with zero attached hydrogens (tertiary/aromatic N) is 3. The zero-order valence-electron chi connectivity index (χ0n) is 19.1. The highest BCUT2D eigenvalue weighted by Gasteiger charge is 2.32. The van der Waals surface area contributed by atoms with E-state index in [1.807, 2.05) is 89.4 Å². The van der Waals surface area contributed by atoms with E-state index >= 15 is 0 Å². The van der Waals surface area contributed by atoms with Gasteiger partial charge in [0.25, 0.3) is 5.91 Å². The van der Waals surface area contributed by atoms with E-state index in [1.165, 1.54) is 16.7 Å². The molecule has 4 aromatic rings. The van der Waals surface area contributed by atoms with Crippen molar-refractivity contribution in [1.82, 2.24) is 14.7 Å². The summed E-state index contributed by atoms with van der Waals surface area (Å²) in [5.74, 6) is 0.954. The Kier molecular flexibility index (Phi) is 7.18. The number of hydrogen-bond acceptors (Lipinski definition) is 5. The van der Waals surface area contributed by atoms with Crippen molar-refractivity contribution in [2.24, 2.45) is 0 Å². The number of aromatic nitrogens is 2. The third-order valence-electron chi connectivity index (χ3n) is 5.55. The Morgan fingerprint density at radius 3 is 2.34 bits per heavy atom. The highest BCUT2D eigenvalue weighted by atomic mass is 32.2. The highest BCUT2D eigenvalue weighted by Crippen LogP contribution is 2.36. The monoisotopic (exact) mass is 513 g/mol. The number of hydrogen-bond donors (Lipinski definition) is 0. The Balaban J connectivity index is 1.51. The average molecular weight is 514 g/mol. The van der Waals surface area contributed by atoms with Crippen molar-refractivity contribution in [3.63, 3.8) is 0 Å². The molecule has 4 nitrogen and oxygen atoms in total. The largest absolute Gasteiger partial charge is 0.288 e. The van der Waals surface area contributed by atoms with E-state index < -0.39 is 0 Å². The van der Waals surface area contributed by atoms with Crippen LogP contribution in [-0.4, -0.2) is 30.7 Å². The van der Waals surface area contributed by atoms with Gasteiger partial charge in [-0.1, -0.05) is 91.6 Å². The van der Waals surface area contributed by atoms with Gasteiger partial charge in [-0.25, -0.2) is 4.68 Å². The quantitative estimate of drug-likeness (QED) is 0.150.